The van der Waals surface area contributed by atoms with Crippen molar-refractivity contribution in [2.45, 2.75) is 25.8 Å². The summed E-state index contributed by atoms with van der Waals surface area (Å²) in [5, 5.41) is 4.81. The van der Waals surface area contributed by atoms with E-state index in [0.29, 0.717) is 34.4 Å². The van der Waals surface area contributed by atoms with E-state index in [2.05, 4.69) is 15.6 Å². The number of para-hydroxylation sites is 2. The van der Waals surface area contributed by atoms with Gasteiger partial charge in [-0.15, -0.1) is 0 Å². The summed E-state index contributed by atoms with van der Waals surface area (Å²) in [6.45, 7) is 2.65. The third-order valence-corrected chi connectivity index (χ3v) is 8.42. The Hall–Kier alpha value is -4.76. The summed E-state index contributed by atoms with van der Waals surface area (Å²) in [5.74, 6) is -0.290. The number of piperidine rings is 1. The molecule has 2 N–H and O–H groups in total. The largest absolute Gasteiger partial charge is 0.451 e. The van der Waals surface area contributed by atoms with Crippen LogP contribution < -0.4 is 15.8 Å². The molecule has 0 aliphatic carbocycles. The van der Waals surface area contributed by atoms with Crippen molar-refractivity contribution in [1.82, 2.24) is 20.6 Å². The summed E-state index contributed by atoms with van der Waals surface area (Å²) in [6, 6.07) is 26.2. The molecule has 42 heavy (non-hydrogen) atoms. The van der Waals surface area contributed by atoms with E-state index < -0.39 is 12.0 Å². The molecule has 0 bridgehead atoms. The first kappa shape index (κ1) is 27.4. The molecule has 2 aliphatic heterocycles. The summed E-state index contributed by atoms with van der Waals surface area (Å²) in [5.41, 5.74) is 6.48. The van der Waals surface area contributed by atoms with Crippen molar-refractivity contribution in [3.05, 3.63) is 96.1 Å². The third-order valence-electron chi connectivity index (χ3n) is 8.42. The van der Waals surface area contributed by atoms with Gasteiger partial charge in [0.25, 0.3) is 5.91 Å². The fourth-order valence-corrected chi connectivity index (χ4v) is 6.10. The number of rotatable bonds is 5. The standard InChI is InChI=1S/C33H33N5O4/c1-42-32(41)38(24-12-6-3-7-13-24)36-30(39)28-25-14-8-9-15-27(25)35-29(23-10-4-2-5-11-23)26(28)22-37-20-17-33(18-21-37)16-19-34-31(33)40/h2-15H,16-22H2,1H3,(H,34,40)(H,36,39). The summed E-state index contributed by atoms with van der Waals surface area (Å²) in [4.78, 5) is 47.1. The van der Waals surface area contributed by atoms with Crippen molar-refractivity contribution in [3.8, 4) is 11.3 Å². The fraction of sp³-hybridized carbons (Fsp3) is 0.273. The van der Waals surface area contributed by atoms with E-state index in [0.717, 1.165) is 55.0 Å². The summed E-state index contributed by atoms with van der Waals surface area (Å²) < 4.78 is 5.01. The van der Waals surface area contributed by atoms with E-state index in [-0.39, 0.29) is 11.3 Å². The summed E-state index contributed by atoms with van der Waals surface area (Å²) in [7, 11) is 1.28. The van der Waals surface area contributed by atoms with Crippen LogP contribution in [-0.2, 0) is 16.1 Å². The molecule has 3 heterocycles. The van der Waals surface area contributed by atoms with E-state index in [4.69, 9.17) is 9.72 Å². The Bertz CT molecular complexity index is 1620. The highest BCUT2D eigenvalue weighted by molar-refractivity contribution is 6.10. The molecule has 0 radical (unpaired) electrons. The van der Waals surface area contributed by atoms with Crippen molar-refractivity contribution in [2.24, 2.45) is 5.41 Å². The number of hydrazine groups is 1. The number of aromatic nitrogens is 1. The van der Waals surface area contributed by atoms with Gasteiger partial charge in [0.2, 0.25) is 5.91 Å². The van der Waals surface area contributed by atoms with Gasteiger partial charge in [-0.25, -0.2) is 9.78 Å². The Labute approximate surface area is 244 Å². The number of nitrogens with zero attached hydrogens (tertiary/aromatic N) is 3. The first-order chi connectivity index (χ1) is 20.5. The van der Waals surface area contributed by atoms with Crippen LogP contribution in [0.2, 0.25) is 0 Å². The zero-order chi connectivity index (χ0) is 29.1. The molecule has 1 aromatic heterocycles. The second-order valence-corrected chi connectivity index (χ2v) is 10.8. The minimum atomic E-state index is -0.714. The lowest BCUT2D eigenvalue weighted by atomic mass is 9.77. The second-order valence-electron chi connectivity index (χ2n) is 10.8. The molecule has 3 amide bonds. The SMILES string of the molecule is COC(=O)N(NC(=O)c1c(CN2CCC3(CCNC3=O)CC2)c(-c2ccccc2)nc2ccccc12)c1ccccc1. The van der Waals surface area contributed by atoms with Crippen molar-refractivity contribution in [1.29, 1.82) is 0 Å². The van der Waals surface area contributed by atoms with Gasteiger partial charge >= 0.3 is 6.09 Å². The van der Waals surface area contributed by atoms with Crippen LogP contribution in [0.1, 0.15) is 35.2 Å². The van der Waals surface area contributed by atoms with Gasteiger partial charge in [-0.1, -0.05) is 66.7 Å². The van der Waals surface area contributed by atoms with Crippen molar-refractivity contribution < 1.29 is 19.1 Å². The Balaban J connectivity index is 1.44. The maximum atomic E-state index is 14.3. The number of amides is 3. The van der Waals surface area contributed by atoms with Gasteiger partial charge in [0.05, 0.1) is 35.0 Å². The van der Waals surface area contributed by atoms with E-state index in [1.165, 1.54) is 7.11 Å². The van der Waals surface area contributed by atoms with Crippen LogP contribution in [0.15, 0.2) is 84.9 Å². The van der Waals surface area contributed by atoms with Gasteiger partial charge in [0, 0.05) is 29.6 Å². The number of hydrogen-bond donors (Lipinski definition) is 2. The highest BCUT2D eigenvalue weighted by Crippen LogP contribution is 2.39. The molecule has 214 valence electrons. The lowest BCUT2D eigenvalue weighted by Crippen LogP contribution is -2.47. The molecule has 0 unspecified atom stereocenters. The van der Waals surface area contributed by atoms with Gasteiger partial charge < -0.3 is 10.1 Å². The average molecular weight is 564 g/mol. The number of hydrogen-bond acceptors (Lipinski definition) is 6. The molecule has 1 spiro atoms. The van der Waals surface area contributed by atoms with Gasteiger partial charge in [-0.05, 0) is 50.6 Å². The number of methoxy groups -OCH3 is 1. The van der Waals surface area contributed by atoms with Crippen LogP contribution in [0.5, 0.6) is 0 Å². The molecule has 9 nitrogen and oxygen atoms in total. The van der Waals surface area contributed by atoms with Gasteiger partial charge in [-0.2, -0.15) is 5.01 Å². The molecular weight excluding hydrogens is 530 g/mol. The van der Waals surface area contributed by atoms with Crippen LogP contribution in [0.3, 0.4) is 0 Å². The minimum absolute atomic E-state index is 0.156. The molecule has 2 fully saturated rings. The Kier molecular flexibility index (Phi) is 7.58. The zero-order valence-corrected chi connectivity index (χ0v) is 23.5. The summed E-state index contributed by atoms with van der Waals surface area (Å²) in [6.07, 6.45) is 1.69. The molecule has 6 rings (SSSR count). The van der Waals surface area contributed by atoms with Crippen molar-refractivity contribution >= 4 is 34.5 Å². The highest BCUT2D eigenvalue weighted by Gasteiger charge is 2.44. The number of fused-ring (bicyclic) bond motifs is 1. The molecule has 0 atom stereocenters. The van der Waals surface area contributed by atoms with Crippen molar-refractivity contribution in [3.63, 3.8) is 0 Å². The van der Waals surface area contributed by atoms with Gasteiger partial charge in [-0.3, -0.25) is 19.9 Å². The maximum Gasteiger partial charge on any atom is 0.433 e. The number of ether oxygens (including phenoxy) is 1. The van der Waals surface area contributed by atoms with Crippen LogP contribution in [0.25, 0.3) is 22.2 Å². The summed E-state index contributed by atoms with van der Waals surface area (Å²) >= 11 is 0. The predicted molar refractivity (Wildman–Crippen MR) is 161 cm³/mol. The molecule has 4 aromatic rings. The Morgan fingerprint density at radius 3 is 2.29 bits per heavy atom. The van der Waals surface area contributed by atoms with Crippen LogP contribution in [0, 0.1) is 5.41 Å². The second kappa shape index (κ2) is 11.6. The first-order valence-electron chi connectivity index (χ1n) is 14.2. The van der Waals surface area contributed by atoms with Crippen LogP contribution in [0.4, 0.5) is 10.5 Å². The zero-order valence-electron chi connectivity index (χ0n) is 23.5. The lowest BCUT2D eigenvalue weighted by Gasteiger charge is -2.37. The fourth-order valence-electron chi connectivity index (χ4n) is 6.10. The number of anilines is 1. The topological polar surface area (TPSA) is 104 Å². The first-order valence-corrected chi connectivity index (χ1v) is 14.2. The smallest absolute Gasteiger partial charge is 0.433 e. The third kappa shape index (κ3) is 5.19. The van der Waals surface area contributed by atoms with Crippen LogP contribution in [-0.4, -0.2) is 54.5 Å². The molecule has 9 heteroatoms. The number of carbonyl (C=O) groups excluding carboxylic acids is 3. The number of carbonyl (C=O) groups is 3. The quantitative estimate of drug-likeness (QED) is 0.334. The van der Waals surface area contributed by atoms with E-state index in [1.54, 1.807) is 24.3 Å². The van der Waals surface area contributed by atoms with Gasteiger partial charge in [0.1, 0.15) is 0 Å². The molecule has 3 aromatic carbocycles. The minimum Gasteiger partial charge on any atom is -0.451 e. The van der Waals surface area contributed by atoms with Crippen molar-refractivity contribution in [2.75, 3.05) is 31.8 Å². The van der Waals surface area contributed by atoms with E-state index >= 15 is 0 Å². The van der Waals surface area contributed by atoms with E-state index in [1.807, 2.05) is 60.7 Å². The molecule has 2 aliphatic rings. The monoisotopic (exact) mass is 563 g/mol. The molecule has 0 saturated carbocycles. The van der Waals surface area contributed by atoms with Gasteiger partial charge in [0.15, 0.2) is 0 Å². The predicted octanol–water partition coefficient (Wildman–Crippen LogP) is 4.92. The highest BCUT2D eigenvalue weighted by atomic mass is 16.5. The molecular formula is C33H33N5O4. The van der Waals surface area contributed by atoms with Crippen LogP contribution >= 0.6 is 0 Å². The molecule has 2 saturated heterocycles. The number of nitrogens with one attached hydrogen (secondary N) is 2. The maximum absolute atomic E-state index is 14.3. The number of benzene rings is 3. The normalized spacial score (nSPS) is 16.3. The number of pyridine rings is 1. The lowest BCUT2D eigenvalue weighted by molar-refractivity contribution is -0.130. The van der Waals surface area contributed by atoms with E-state index in [9.17, 15) is 14.4 Å². The Morgan fingerprint density at radius 2 is 1.62 bits per heavy atom. The average Bonchev–Trinajstić information content (AvgIpc) is 3.39. The Morgan fingerprint density at radius 1 is 0.952 bits per heavy atom. The number of likely N-dealkylation sites (tertiary alicyclic amines) is 1.